The molecule has 1 aliphatic heterocycles. The van der Waals surface area contributed by atoms with Gasteiger partial charge in [0.2, 0.25) is 0 Å². The van der Waals surface area contributed by atoms with Crippen molar-refractivity contribution in [3.05, 3.63) is 74.7 Å². The largest absolute Gasteiger partial charge is 0.272 e. The molecule has 3 rings (SSSR count). The highest BCUT2D eigenvalue weighted by Gasteiger charge is 2.40. The first-order chi connectivity index (χ1) is 14.0. The van der Waals surface area contributed by atoms with E-state index in [1.54, 1.807) is 12.1 Å². The van der Waals surface area contributed by atoms with Crippen LogP contribution in [0.4, 0.5) is 11.4 Å². The first-order valence-electron chi connectivity index (χ1n) is 9.57. The van der Waals surface area contributed by atoms with Crippen molar-refractivity contribution in [1.29, 1.82) is 0 Å². The van der Waals surface area contributed by atoms with Crippen LogP contribution < -0.4 is 4.90 Å². The second kappa shape index (κ2) is 9.05. The summed E-state index contributed by atoms with van der Waals surface area (Å²) in [6.07, 6.45) is 3.15. The first-order valence-corrected chi connectivity index (χ1v) is 10.6. The average Bonchev–Trinajstić information content (AvgIpc) is 2.97. The van der Waals surface area contributed by atoms with Gasteiger partial charge in [-0.25, -0.2) is 4.90 Å². The van der Waals surface area contributed by atoms with Crippen LogP contribution in [0.2, 0.25) is 0 Å². The zero-order valence-electron chi connectivity index (χ0n) is 16.4. The molecule has 0 aromatic heterocycles. The van der Waals surface area contributed by atoms with Crippen LogP contribution >= 0.6 is 11.8 Å². The monoisotopic (exact) mass is 410 g/mol. The van der Waals surface area contributed by atoms with Gasteiger partial charge in [-0.15, -0.1) is 11.8 Å². The van der Waals surface area contributed by atoms with Gasteiger partial charge in [-0.3, -0.25) is 19.7 Å². The zero-order valence-corrected chi connectivity index (χ0v) is 17.2. The second-order valence-corrected chi connectivity index (χ2v) is 7.93. The molecule has 0 bridgehead atoms. The minimum atomic E-state index is -0.492. The summed E-state index contributed by atoms with van der Waals surface area (Å²) >= 11 is 1.31. The number of carbonyl (C=O) groups excluding carboxylic acids is 2. The Morgan fingerprint density at radius 3 is 2.17 bits per heavy atom. The van der Waals surface area contributed by atoms with Crippen molar-refractivity contribution >= 4 is 40.5 Å². The van der Waals surface area contributed by atoms with Crippen molar-refractivity contribution < 1.29 is 14.5 Å². The molecule has 29 heavy (non-hydrogen) atoms. The summed E-state index contributed by atoms with van der Waals surface area (Å²) in [5, 5.41) is 10.9. The van der Waals surface area contributed by atoms with Gasteiger partial charge in [-0.1, -0.05) is 32.4 Å². The quantitative estimate of drug-likeness (QED) is 0.348. The molecule has 2 aromatic carbocycles. The molecule has 1 aliphatic rings. The molecule has 0 saturated heterocycles. The van der Waals surface area contributed by atoms with Crippen LogP contribution in [0.25, 0.3) is 5.57 Å². The van der Waals surface area contributed by atoms with E-state index in [0.717, 1.165) is 19.3 Å². The Bertz CT molecular complexity index is 965. The molecular formula is C22H22N2O4S. The molecule has 1 heterocycles. The molecule has 2 aromatic rings. The number of nitro benzene ring substituents is 1. The molecule has 0 N–H and O–H groups in total. The van der Waals surface area contributed by atoms with Crippen LogP contribution in [-0.2, 0) is 16.0 Å². The van der Waals surface area contributed by atoms with E-state index in [-0.39, 0.29) is 11.6 Å². The second-order valence-electron chi connectivity index (χ2n) is 6.66. The Balaban J connectivity index is 1.95. The molecule has 0 spiro atoms. The SMILES string of the molecule is CCCCc1ccc(N2C(=O)C(SCC)=C(c3ccc([N+](=O)[O-])cc3)C2=O)cc1. The number of hydrogen-bond donors (Lipinski definition) is 0. The average molecular weight is 410 g/mol. The lowest BCUT2D eigenvalue weighted by Crippen LogP contribution is -2.31. The summed E-state index contributed by atoms with van der Waals surface area (Å²) in [7, 11) is 0. The number of aryl methyl sites for hydroxylation is 1. The van der Waals surface area contributed by atoms with Crippen LogP contribution in [0.5, 0.6) is 0 Å². The molecular weight excluding hydrogens is 388 g/mol. The summed E-state index contributed by atoms with van der Waals surface area (Å²) in [4.78, 5) is 38.2. The van der Waals surface area contributed by atoms with Gasteiger partial charge >= 0.3 is 0 Å². The number of nitro groups is 1. The molecule has 0 aliphatic carbocycles. The van der Waals surface area contributed by atoms with Crippen LogP contribution in [0.3, 0.4) is 0 Å². The summed E-state index contributed by atoms with van der Waals surface area (Å²) < 4.78 is 0. The molecule has 0 unspecified atom stereocenters. The Morgan fingerprint density at radius 1 is 0.966 bits per heavy atom. The Kier molecular flexibility index (Phi) is 6.49. The van der Waals surface area contributed by atoms with Gasteiger partial charge in [0.05, 0.1) is 21.1 Å². The summed E-state index contributed by atoms with van der Waals surface area (Å²) in [5.41, 5.74) is 2.45. The van der Waals surface area contributed by atoms with Crippen molar-refractivity contribution in [3.63, 3.8) is 0 Å². The van der Waals surface area contributed by atoms with Gasteiger partial charge in [-0.2, -0.15) is 0 Å². The number of nitrogens with zero attached hydrogens (tertiary/aromatic N) is 2. The van der Waals surface area contributed by atoms with Crippen molar-refractivity contribution in [2.24, 2.45) is 0 Å². The number of amides is 2. The zero-order chi connectivity index (χ0) is 21.0. The number of benzene rings is 2. The molecule has 6 nitrogen and oxygen atoms in total. The maximum atomic E-state index is 13.2. The van der Waals surface area contributed by atoms with E-state index in [1.807, 2.05) is 19.1 Å². The predicted molar refractivity (Wildman–Crippen MR) is 116 cm³/mol. The third kappa shape index (κ3) is 4.24. The Morgan fingerprint density at radius 2 is 1.62 bits per heavy atom. The van der Waals surface area contributed by atoms with Crippen LogP contribution in [0.1, 0.15) is 37.8 Å². The number of unbranched alkanes of at least 4 members (excludes halogenated alkanes) is 1. The number of anilines is 1. The minimum Gasteiger partial charge on any atom is -0.268 e. The lowest BCUT2D eigenvalue weighted by atomic mass is 10.1. The van der Waals surface area contributed by atoms with E-state index in [1.165, 1.54) is 46.5 Å². The van der Waals surface area contributed by atoms with E-state index in [2.05, 4.69) is 6.92 Å². The lowest BCUT2D eigenvalue weighted by Gasteiger charge is -2.15. The topological polar surface area (TPSA) is 80.5 Å². The van der Waals surface area contributed by atoms with E-state index >= 15 is 0 Å². The van der Waals surface area contributed by atoms with Crippen molar-refractivity contribution in [2.75, 3.05) is 10.7 Å². The maximum absolute atomic E-state index is 13.2. The number of rotatable bonds is 8. The summed E-state index contributed by atoms with van der Waals surface area (Å²) in [6, 6.07) is 13.2. The fourth-order valence-electron chi connectivity index (χ4n) is 3.22. The first kappa shape index (κ1) is 20.8. The van der Waals surface area contributed by atoms with Gasteiger partial charge < -0.3 is 0 Å². The summed E-state index contributed by atoms with van der Waals surface area (Å²) in [5.74, 6) is -0.119. The Hall–Kier alpha value is -2.93. The molecule has 2 amide bonds. The molecule has 0 atom stereocenters. The van der Waals surface area contributed by atoms with Gasteiger partial charge in [0.15, 0.2) is 0 Å². The molecule has 0 saturated carbocycles. The molecule has 150 valence electrons. The number of carbonyl (C=O) groups is 2. The third-order valence-corrected chi connectivity index (χ3v) is 5.67. The number of non-ortho nitro benzene ring substituents is 1. The van der Waals surface area contributed by atoms with Crippen molar-refractivity contribution in [2.45, 2.75) is 33.1 Å². The Labute approximate surface area is 173 Å². The fourth-order valence-corrected chi connectivity index (χ4v) is 4.07. The highest BCUT2D eigenvalue weighted by molar-refractivity contribution is 8.04. The van der Waals surface area contributed by atoms with Gasteiger partial charge in [-0.05, 0) is 54.0 Å². The lowest BCUT2D eigenvalue weighted by molar-refractivity contribution is -0.384. The predicted octanol–water partition coefficient (Wildman–Crippen LogP) is 4.98. The normalized spacial score (nSPS) is 14.1. The maximum Gasteiger partial charge on any atom is 0.272 e. The van der Waals surface area contributed by atoms with E-state index < -0.39 is 10.8 Å². The van der Waals surface area contributed by atoms with Crippen LogP contribution in [0, 0.1) is 10.1 Å². The van der Waals surface area contributed by atoms with E-state index in [9.17, 15) is 19.7 Å². The smallest absolute Gasteiger partial charge is 0.268 e. The number of hydrogen-bond acceptors (Lipinski definition) is 5. The minimum absolute atomic E-state index is 0.0599. The molecule has 0 radical (unpaired) electrons. The summed E-state index contributed by atoms with van der Waals surface area (Å²) in [6.45, 7) is 4.04. The fraction of sp³-hybridized carbons (Fsp3) is 0.273. The van der Waals surface area contributed by atoms with Crippen molar-refractivity contribution in [3.8, 4) is 0 Å². The van der Waals surface area contributed by atoms with E-state index in [4.69, 9.17) is 0 Å². The van der Waals surface area contributed by atoms with Gasteiger partial charge in [0.25, 0.3) is 17.5 Å². The van der Waals surface area contributed by atoms with Crippen molar-refractivity contribution in [1.82, 2.24) is 0 Å². The highest BCUT2D eigenvalue weighted by Crippen LogP contribution is 2.38. The van der Waals surface area contributed by atoms with Crippen LogP contribution in [-0.4, -0.2) is 22.5 Å². The van der Waals surface area contributed by atoms with Crippen LogP contribution in [0.15, 0.2) is 53.4 Å². The number of imide groups is 1. The highest BCUT2D eigenvalue weighted by atomic mass is 32.2. The number of thioether (sulfide) groups is 1. The molecule has 0 fully saturated rings. The van der Waals surface area contributed by atoms with Gasteiger partial charge in [0.1, 0.15) is 0 Å². The van der Waals surface area contributed by atoms with Gasteiger partial charge in [0, 0.05) is 12.1 Å². The molecule has 7 heteroatoms. The van der Waals surface area contributed by atoms with E-state index in [0.29, 0.717) is 27.5 Å². The third-order valence-electron chi connectivity index (χ3n) is 4.71. The standard InChI is InChI=1S/C22H22N2O4S/c1-3-5-6-15-7-11-17(12-8-15)23-21(25)19(20(22(23)26)29-4-2)16-9-13-18(14-10-16)24(27)28/h7-14H,3-6H2,1-2H3.